The first kappa shape index (κ1) is 33.6. The van der Waals surface area contributed by atoms with Crippen LogP contribution in [0.15, 0.2) is 30.5 Å². The number of rotatable bonds is 10. The summed E-state index contributed by atoms with van der Waals surface area (Å²) in [5, 5.41) is 3.25. The minimum Gasteiger partial charge on any atom is -0.494 e. The van der Waals surface area contributed by atoms with Crippen molar-refractivity contribution in [3.8, 4) is 5.75 Å². The monoisotopic (exact) mass is 646 g/mol. The molecule has 1 spiro atoms. The molecule has 2 aromatic heterocycles. The van der Waals surface area contributed by atoms with Gasteiger partial charge in [0.05, 0.1) is 41.7 Å². The van der Waals surface area contributed by atoms with Crippen LogP contribution in [0.5, 0.6) is 5.75 Å². The highest BCUT2D eigenvalue weighted by atomic mass is 16.6. The zero-order valence-electron chi connectivity index (χ0n) is 28.8. The largest absolute Gasteiger partial charge is 0.494 e. The molecular formula is C34H46N8O5. The van der Waals surface area contributed by atoms with Gasteiger partial charge in [-0.2, -0.15) is 4.98 Å². The first-order valence-electron chi connectivity index (χ1n) is 15.8. The van der Waals surface area contributed by atoms with E-state index in [1.807, 2.05) is 71.7 Å². The molecule has 252 valence electrons. The molecule has 0 atom stereocenters. The topological polar surface area (TPSA) is 148 Å². The van der Waals surface area contributed by atoms with Crippen LogP contribution in [0, 0.1) is 6.92 Å². The highest BCUT2D eigenvalue weighted by Gasteiger charge is 2.54. The standard InChI is InChI=1S/C34H46N8O5/c1-20(2)46-30(43)22-18-36-31(39-29(22)42-19-34(12-13-34)28-25(42)11-10-21(3)37-28)38-24-16-23(35)26(17-27(24)45-9)40(7)14-15-41(8)32(44)47-33(4,5)6/h10-11,16-18,20H,12-15,19,35H2,1-9H3,(H,36,38,39). The van der Waals surface area contributed by atoms with E-state index in [1.54, 1.807) is 20.2 Å². The quantitative estimate of drug-likeness (QED) is 0.210. The van der Waals surface area contributed by atoms with Crippen molar-refractivity contribution >= 4 is 46.6 Å². The number of carbonyl (C=O) groups is 2. The lowest BCUT2D eigenvalue weighted by atomic mass is 10.0. The first-order chi connectivity index (χ1) is 22.1. The predicted molar refractivity (Wildman–Crippen MR) is 182 cm³/mol. The maximum absolute atomic E-state index is 13.3. The summed E-state index contributed by atoms with van der Waals surface area (Å²) < 4.78 is 16.8. The van der Waals surface area contributed by atoms with E-state index in [9.17, 15) is 9.59 Å². The van der Waals surface area contributed by atoms with E-state index in [-0.39, 0.29) is 23.0 Å². The number of amides is 1. The Balaban J connectivity index is 1.41. The maximum Gasteiger partial charge on any atom is 0.410 e. The Labute approximate surface area is 276 Å². The molecule has 0 saturated heterocycles. The highest BCUT2D eigenvalue weighted by Crippen LogP contribution is 2.57. The summed E-state index contributed by atoms with van der Waals surface area (Å²) in [6, 6.07) is 7.59. The zero-order chi connectivity index (χ0) is 34.3. The van der Waals surface area contributed by atoms with Gasteiger partial charge in [-0.3, -0.25) is 4.98 Å². The Kier molecular flexibility index (Phi) is 9.11. The fourth-order valence-corrected chi connectivity index (χ4v) is 5.57. The number of carbonyl (C=O) groups excluding carboxylic acids is 2. The van der Waals surface area contributed by atoms with Crippen molar-refractivity contribution in [3.05, 3.63) is 47.4 Å². The summed E-state index contributed by atoms with van der Waals surface area (Å²) in [5.74, 6) is 0.725. The molecule has 0 radical (unpaired) electrons. The van der Waals surface area contributed by atoms with Gasteiger partial charge in [-0.15, -0.1) is 0 Å². The second-order valence-electron chi connectivity index (χ2n) is 13.6. The molecule has 2 aliphatic rings. The number of nitrogens with zero attached hydrogens (tertiary/aromatic N) is 6. The summed E-state index contributed by atoms with van der Waals surface area (Å²) in [4.78, 5) is 45.4. The molecule has 0 unspecified atom stereocenters. The molecule has 3 aromatic rings. The second-order valence-corrected chi connectivity index (χ2v) is 13.6. The molecule has 1 amide bonds. The molecule has 1 fully saturated rings. The van der Waals surface area contributed by atoms with Crippen molar-refractivity contribution in [3.63, 3.8) is 0 Å². The molecule has 1 aliphatic heterocycles. The average molecular weight is 647 g/mol. The summed E-state index contributed by atoms with van der Waals surface area (Å²) in [7, 11) is 5.16. The molecule has 1 aliphatic carbocycles. The number of methoxy groups -OCH3 is 1. The lowest BCUT2D eigenvalue weighted by Gasteiger charge is -2.28. The number of fused-ring (bicyclic) bond motifs is 2. The van der Waals surface area contributed by atoms with Gasteiger partial charge < -0.3 is 40.0 Å². The normalized spacial score (nSPS) is 14.6. The van der Waals surface area contributed by atoms with Crippen LogP contribution in [0.4, 0.5) is 39.3 Å². The third-order valence-electron chi connectivity index (χ3n) is 8.19. The molecule has 1 aromatic carbocycles. The van der Waals surface area contributed by atoms with Gasteiger partial charge in [-0.1, -0.05) is 0 Å². The molecule has 1 saturated carbocycles. The number of esters is 1. The van der Waals surface area contributed by atoms with Gasteiger partial charge in [0.2, 0.25) is 5.95 Å². The van der Waals surface area contributed by atoms with E-state index in [0.717, 1.165) is 35.6 Å². The van der Waals surface area contributed by atoms with Gasteiger partial charge in [0, 0.05) is 57.1 Å². The molecule has 5 rings (SSSR count). The summed E-state index contributed by atoms with van der Waals surface area (Å²) in [6.45, 7) is 12.7. The van der Waals surface area contributed by atoms with E-state index < -0.39 is 17.7 Å². The van der Waals surface area contributed by atoms with Crippen molar-refractivity contribution in [2.75, 3.05) is 61.7 Å². The third kappa shape index (κ3) is 7.28. The SMILES string of the molecule is COc1cc(N(C)CCN(C)C(=O)OC(C)(C)C)c(N)cc1Nc1ncc(C(=O)OC(C)C)c(N2CC3(CC3)c3nc(C)ccc32)n1. The number of nitrogen functional groups attached to an aromatic ring is 1. The van der Waals surface area contributed by atoms with Gasteiger partial charge in [-0.25, -0.2) is 14.6 Å². The highest BCUT2D eigenvalue weighted by molar-refractivity contribution is 5.96. The number of aromatic nitrogens is 3. The van der Waals surface area contributed by atoms with Gasteiger partial charge >= 0.3 is 12.1 Å². The number of hydrogen-bond donors (Lipinski definition) is 2. The Morgan fingerprint density at radius 2 is 1.85 bits per heavy atom. The fourth-order valence-electron chi connectivity index (χ4n) is 5.57. The summed E-state index contributed by atoms with van der Waals surface area (Å²) in [5.41, 5.74) is 10.9. The van der Waals surface area contributed by atoms with Crippen LogP contribution in [0.3, 0.4) is 0 Å². The average Bonchev–Trinajstić information content (AvgIpc) is 3.71. The number of likely N-dealkylation sites (N-methyl/N-ethyl adjacent to an activating group) is 2. The Hall–Kier alpha value is -4.81. The maximum atomic E-state index is 13.3. The molecule has 3 heterocycles. The molecule has 3 N–H and O–H groups in total. The lowest BCUT2D eigenvalue weighted by Crippen LogP contribution is -2.38. The van der Waals surface area contributed by atoms with Crippen LogP contribution in [0.1, 0.15) is 69.2 Å². The number of ether oxygens (including phenoxy) is 3. The third-order valence-corrected chi connectivity index (χ3v) is 8.19. The smallest absolute Gasteiger partial charge is 0.410 e. The number of anilines is 6. The van der Waals surface area contributed by atoms with Crippen LogP contribution in [-0.2, 0) is 14.9 Å². The minimum absolute atomic E-state index is 0.0413. The summed E-state index contributed by atoms with van der Waals surface area (Å²) >= 11 is 0. The van der Waals surface area contributed by atoms with E-state index in [2.05, 4.69) is 15.2 Å². The molecule has 13 nitrogen and oxygen atoms in total. The van der Waals surface area contributed by atoms with Crippen molar-refractivity contribution in [2.45, 2.75) is 71.5 Å². The number of aryl methyl sites for hydroxylation is 1. The van der Waals surface area contributed by atoms with Crippen molar-refractivity contribution in [2.24, 2.45) is 0 Å². The number of benzene rings is 1. The van der Waals surface area contributed by atoms with Gasteiger partial charge in [-0.05, 0) is 72.6 Å². The van der Waals surface area contributed by atoms with Crippen LogP contribution in [-0.4, -0.2) is 84.5 Å². The Bertz CT molecular complexity index is 1670. The van der Waals surface area contributed by atoms with Crippen molar-refractivity contribution in [1.29, 1.82) is 0 Å². The van der Waals surface area contributed by atoms with Crippen LogP contribution in [0.25, 0.3) is 0 Å². The zero-order valence-corrected chi connectivity index (χ0v) is 28.8. The van der Waals surface area contributed by atoms with Gasteiger partial charge in [0.15, 0.2) is 5.82 Å². The lowest BCUT2D eigenvalue weighted by molar-refractivity contribution is 0.0302. The fraction of sp³-hybridized carbons (Fsp3) is 0.500. The minimum atomic E-state index is -0.575. The Morgan fingerprint density at radius 1 is 1.13 bits per heavy atom. The number of hydrogen-bond acceptors (Lipinski definition) is 12. The van der Waals surface area contributed by atoms with Crippen molar-refractivity contribution in [1.82, 2.24) is 19.9 Å². The summed E-state index contributed by atoms with van der Waals surface area (Å²) in [6.07, 6.45) is 2.86. The van der Waals surface area contributed by atoms with E-state index in [1.165, 1.54) is 11.1 Å². The van der Waals surface area contributed by atoms with Gasteiger partial charge in [0.1, 0.15) is 16.9 Å². The van der Waals surface area contributed by atoms with Crippen LogP contribution in [0.2, 0.25) is 0 Å². The Morgan fingerprint density at radius 3 is 2.49 bits per heavy atom. The van der Waals surface area contributed by atoms with E-state index in [4.69, 9.17) is 29.9 Å². The second kappa shape index (κ2) is 12.8. The number of nitrogens with two attached hydrogens (primary N) is 1. The number of pyridine rings is 1. The van der Waals surface area contributed by atoms with Crippen LogP contribution < -0.4 is 25.6 Å². The van der Waals surface area contributed by atoms with Gasteiger partial charge in [0.25, 0.3) is 0 Å². The molecular weight excluding hydrogens is 600 g/mol. The predicted octanol–water partition coefficient (Wildman–Crippen LogP) is 5.57. The number of nitrogens with one attached hydrogen (secondary N) is 1. The van der Waals surface area contributed by atoms with Crippen LogP contribution >= 0.6 is 0 Å². The van der Waals surface area contributed by atoms with E-state index in [0.29, 0.717) is 42.6 Å². The van der Waals surface area contributed by atoms with Crippen molar-refractivity contribution < 1.29 is 23.8 Å². The molecule has 0 bridgehead atoms. The van der Waals surface area contributed by atoms with E-state index >= 15 is 0 Å². The molecule has 13 heteroatoms. The molecule has 47 heavy (non-hydrogen) atoms. The first-order valence-corrected chi connectivity index (χ1v) is 15.8.